The molecule has 1 heterocycles. The highest BCUT2D eigenvalue weighted by molar-refractivity contribution is 7.91. The number of aromatic nitrogens is 1. The minimum absolute atomic E-state index is 0.0665. The van der Waals surface area contributed by atoms with Crippen LogP contribution in [0.3, 0.4) is 0 Å². The molecule has 0 aliphatic carbocycles. The first-order valence-electron chi connectivity index (χ1n) is 4.44. The number of aromatic amines is 1. The molecule has 3 N–H and O–H groups in total. The van der Waals surface area contributed by atoms with Gasteiger partial charge in [0.05, 0.1) is 5.75 Å². The molecule has 4 nitrogen and oxygen atoms in total. The van der Waals surface area contributed by atoms with E-state index in [4.69, 9.17) is 5.73 Å². The molecule has 1 rings (SSSR count). The Bertz CT molecular complexity index is 379. The van der Waals surface area contributed by atoms with Crippen molar-refractivity contribution in [1.29, 1.82) is 0 Å². The summed E-state index contributed by atoms with van der Waals surface area (Å²) in [6.45, 7) is 4.04. The van der Waals surface area contributed by atoms with E-state index in [1.165, 1.54) is 0 Å². The maximum Gasteiger partial charge on any atom is 0.194 e. The van der Waals surface area contributed by atoms with Crippen LogP contribution in [0.5, 0.6) is 0 Å². The third kappa shape index (κ3) is 2.59. The van der Waals surface area contributed by atoms with E-state index in [0.29, 0.717) is 6.54 Å². The molecule has 0 aliphatic heterocycles. The first-order valence-corrected chi connectivity index (χ1v) is 6.09. The summed E-state index contributed by atoms with van der Waals surface area (Å²) in [5.74, 6) is 0.0665. The highest BCUT2D eigenvalue weighted by atomic mass is 32.2. The van der Waals surface area contributed by atoms with Crippen molar-refractivity contribution in [3.05, 3.63) is 18.3 Å². The third-order valence-corrected chi connectivity index (χ3v) is 4.12. The van der Waals surface area contributed by atoms with Crippen molar-refractivity contribution in [2.24, 2.45) is 11.1 Å². The maximum atomic E-state index is 11.8. The van der Waals surface area contributed by atoms with Crippen LogP contribution in [0.25, 0.3) is 0 Å². The van der Waals surface area contributed by atoms with Crippen molar-refractivity contribution in [3.8, 4) is 0 Å². The average Bonchev–Trinajstić information content (AvgIpc) is 2.54. The molecule has 0 bridgehead atoms. The van der Waals surface area contributed by atoms with Gasteiger partial charge in [-0.25, -0.2) is 8.42 Å². The van der Waals surface area contributed by atoms with Crippen LogP contribution in [-0.2, 0) is 9.84 Å². The number of H-pyrrole nitrogens is 1. The van der Waals surface area contributed by atoms with Crippen molar-refractivity contribution in [2.45, 2.75) is 18.9 Å². The number of nitrogens with two attached hydrogens (primary N) is 1. The topological polar surface area (TPSA) is 76.0 Å². The van der Waals surface area contributed by atoms with Crippen molar-refractivity contribution < 1.29 is 8.42 Å². The smallest absolute Gasteiger partial charge is 0.194 e. The summed E-state index contributed by atoms with van der Waals surface area (Å²) in [7, 11) is -3.22. The zero-order chi connectivity index (χ0) is 10.8. The molecule has 80 valence electrons. The number of hydrogen-bond acceptors (Lipinski definition) is 3. The summed E-state index contributed by atoms with van der Waals surface area (Å²) >= 11 is 0. The minimum Gasteiger partial charge on any atom is -0.352 e. The lowest BCUT2D eigenvalue weighted by atomic mass is 9.97. The predicted molar refractivity (Wildman–Crippen MR) is 55.7 cm³/mol. The molecule has 5 heteroatoms. The van der Waals surface area contributed by atoms with Gasteiger partial charge in [0, 0.05) is 6.20 Å². The van der Waals surface area contributed by atoms with Gasteiger partial charge in [0.2, 0.25) is 0 Å². The molecule has 0 radical (unpaired) electrons. The standard InChI is InChI=1S/C9H16N2O2S/c1-9(2,6-10)7-14(12,13)8-4-3-5-11-8/h3-5,11H,6-7,10H2,1-2H3. The van der Waals surface area contributed by atoms with E-state index in [1.54, 1.807) is 18.3 Å². The Morgan fingerprint density at radius 2 is 2.14 bits per heavy atom. The summed E-state index contributed by atoms with van der Waals surface area (Å²) in [5.41, 5.74) is 5.11. The summed E-state index contributed by atoms with van der Waals surface area (Å²) < 4.78 is 23.6. The average molecular weight is 216 g/mol. The SMILES string of the molecule is CC(C)(CN)CS(=O)(=O)c1ccc[nH]1. The van der Waals surface area contributed by atoms with Gasteiger partial charge in [0.1, 0.15) is 5.03 Å². The largest absolute Gasteiger partial charge is 0.352 e. The lowest BCUT2D eigenvalue weighted by Crippen LogP contribution is -2.31. The van der Waals surface area contributed by atoms with Crippen LogP contribution in [0.2, 0.25) is 0 Å². The fraction of sp³-hybridized carbons (Fsp3) is 0.556. The van der Waals surface area contributed by atoms with Crippen LogP contribution in [0.1, 0.15) is 13.8 Å². The van der Waals surface area contributed by atoms with Gasteiger partial charge in [-0.2, -0.15) is 0 Å². The van der Waals surface area contributed by atoms with Crippen molar-refractivity contribution >= 4 is 9.84 Å². The zero-order valence-corrected chi connectivity index (χ0v) is 9.26. The van der Waals surface area contributed by atoms with Crippen LogP contribution in [0.4, 0.5) is 0 Å². The molecule has 0 atom stereocenters. The number of hydrogen-bond donors (Lipinski definition) is 2. The van der Waals surface area contributed by atoms with Crippen molar-refractivity contribution in [3.63, 3.8) is 0 Å². The van der Waals surface area contributed by atoms with E-state index >= 15 is 0 Å². The Balaban J connectivity index is 2.89. The highest BCUT2D eigenvalue weighted by Crippen LogP contribution is 2.20. The zero-order valence-electron chi connectivity index (χ0n) is 8.45. The first kappa shape index (κ1) is 11.3. The quantitative estimate of drug-likeness (QED) is 0.780. The van der Waals surface area contributed by atoms with E-state index in [-0.39, 0.29) is 16.2 Å². The molecule has 1 aromatic rings. The Morgan fingerprint density at radius 1 is 1.50 bits per heavy atom. The Kier molecular flexibility index (Phi) is 3.01. The Morgan fingerprint density at radius 3 is 2.57 bits per heavy atom. The maximum absolute atomic E-state index is 11.8. The Hall–Kier alpha value is -0.810. The monoisotopic (exact) mass is 216 g/mol. The van der Waals surface area contributed by atoms with Gasteiger partial charge < -0.3 is 10.7 Å². The molecule has 0 fully saturated rings. The highest BCUT2D eigenvalue weighted by Gasteiger charge is 2.26. The molecule has 0 aromatic carbocycles. The molecule has 1 aromatic heterocycles. The van der Waals surface area contributed by atoms with E-state index in [0.717, 1.165) is 0 Å². The normalized spacial score (nSPS) is 13.1. The predicted octanol–water partition coefficient (Wildman–Crippen LogP) is 0.773. The summed E-state index contributed by atoms with van der Waals surface area (Å²) in [6, 6.07) is 3.23. The van der Waals surface area contributed by atoms with Crippen LogP contribution < -0.4 is 5.73 Å². The third-order valence-electron chi connectivity index (χ3n) is 2.04. The molecule has 0 spiro atoms. The fourth-order valence-electron chi connectivity index (χ4n) is 1.16. The van der Waals surface area contributed by atoms with Gasteiger partial charge in [-0.3, -0.25) is 0 Å². The fourth-order valence-corrected chi connectivity index (χ4v) is 2.99. The molecule has 0 saturated carbocycles. The lowest BCUT2D eigenvalue weighted by molar-refractivity contribution is 0.424. The number of sulfone groups is 1. The van der Waals surface area contributed by atoms with E-state index in [1.807, 2.05) is 13.8 Å². The van der Waals surface area contributed by atoms with Crippen molar-refractivity contribution in [2.75, 3.05) is 12.3 Å². The molecule has 14 heavy (non-hydrogen) atoms. The molecule has 0 saturated heterocycles. The minimum atomic E-state index is -3.22. The van der Waals surface area contributed by atoms with Crippen LogP contribution in [-0.4, -0.2) is 25.7 Å². The molecule has 0 amide bonds. The van der Waals surface area contributed by atoms with Gasteiger partial charge in [-0.15, -0.1) is 0 Å². The lowest BCUT2D eigenvalue weighted by Gasteiger charge is -2.21. The van der Waals surface area contributed by atoms with Gasteiger partial charge in [-0.1, -0.05) is 13.8 Å². The Labute approximate surface area is 84.4 Å². The molecular weight excluding hydrogens is 200 g/mol. The van der Waals surface area contributed by atoms with Gasteiger partial charge in [0.15, 0.2) is 9.84 Å². The first-order chi connectivity index (χ1) is 6.37. The van der Waals surface area contributed by atoms with E-state index < -0.39 is 9.84 Å². The second kappa shape index (κ2) is 3.74. The van der Waals surface area contributed by atoms with Crippen LogP contribution in [0, 0.1) is 5.41 Å². The van der Waals surface area contributed by atoms with Gasteiger partial charge in [0.25, 0.3) is 0 Å². The second-order valence-electron chi connectivity index (χ2n) is 4.16. The molecule has 0 unspecified atom stereocenters. The van der Waals surface area contributed by atoms with Crippen LogP contribution in [0.15, 0.2) is 23.4 Å². The number of rotatable bonds is 4. The summed E-state index contributed by atoms with van der Waals surface area (Å²) in [6.07, 6.45) is 1.60. The van der Waals surface area contributed by atoms with E-state index in [2.05, 4.69) is 4.98 Å². The van der Waals surface area contributed by atoms with Crippen molar-refractivity contribution in [1.82, 2.24) is 4.98 Å². The summed E-state index contributed by atoms with van der Waals surface area (Å²) in [5, 5.41) is 0.263. The summed E-state index contributed by atoms with van der Waals surface area (Å²) in [4.78, 5) is 2.70. The van der Waals surface area contributed by atoms with Crippen LogP contribution >= 0.6 is 0 Å². The van der Waals surface area contributed by atoms with E-state index in [9.17, 15) is 8.42 Å². The van der Waals surface area contributed by atoms with Gasteiger partial charge >= 0.3 is 0 Å². The second-order valence-corrected chi connectivity index (χ2v) is 6.12. The van der Waals surface area contributed by atoms with Gasteiger partial charge in [-0.05, 0) is 24.1 Å². The molecular formula is C9H16N2O2S. The number of nitrogens with one attached hydrogen (secondary N) is 1. The molecule has 0 aliphatic rings.